The van der Waals surface area contributed by atoms with Gasteiger partial charge in [0.1, 0.15) is 6.33 Å². The van der Waals surface area contributed by atoms with Gasteiger partial charge in [0.2, 0.25) is 5.95 Å². The number of nitrogens with two attached hydrogens (primary N) is 1. The van der Waals surface area contributed by atoms with Gasteiger partial charge in [-0.15, -0.1) is 10.2 Å². The number of fused-ring (bicyclic) bond motifs is 1. The molecule has 30 heavy (non-hydrogen) atoms. The molecule has 0 radical (unpaired) electrons. The number of aromatic nitrogens is 4. The van der Waals surface area contributed by atoms with Crippen LogP contribution in [0.5, 0.6) is 0 Å². The summed E-state index contributed by atoms with van der Waals surface area (Å²) >= 11 is 14.0. The monoisotopic (exact) mass is 462 g/mol. The first-order valence-corrected chi connectivity index (χ1v) is 11.9. The predicted molar refractivity (Wildman–Crippen MR) is 122 cm³/mol. The van der Waals surface area contributed by atoms with E-state index in [1.807, 2.05) is 22.7 Å². The van der Waals surface area contributed by atoms with Crippen molar-refractivity contribution >= 4 is 46.6 Å². The fraction of sp³-hybridized carbons (Fsp3) is 0.476. The lowest BCUT2D eigenvalue weighted by molar-refractivity contribution is 0.192. The maximum Gasteiger partial charge on any atom is 0.212 e. The maximum absolute atomic E-state index is 6.53. The van der Waals surface area contributed by atoms with Gasteiger partial charge in [0.15, 0.2) is 5.65 Å². The molecule has 0 amide bonds. The summed E-state index contributed by atoms with van der Waals surface area (Å²) in [6.45, 7) is 4.23. The van der Waals surface area contributed by atoms with Crippen molar-refractivity contribution in [2.45, 2.75) is 48.4 Å². The van der Waals surface area contributed by atoms with Crippen molar-refractivity contribution in [3.63, 3.8) is 0 Å². The second-order valence-corrected chi connectivity index (χ2v) is 10.5. The van der Waals surface area contributed by atoms with E-state index in [0.717, 1.165) is 59.7 Å². The molecule has 1 saturated carbocycles. The van der Waals surface area contributed by atoms with E-state index in [1.165, 1.54) is 18.2 Å². The summed E-state index contributed by atoms with van der Waals surface area (Å²) in [5.41, 5.74) is 7.59. The Morgan fingerprint density at radius 2 is 2.00 bits per heavy atom. The van der Waals surface area contributed by atoms with E-state index in [2.05, 4.69) is 22.0 Å². The summed E-state index contributed by atoms with van der Waals surface area (Å²) in [5.74, 6) is 1.61. The Hall–Kier alpha value is -1.54. The molecule has 9 heteroatoms. The van der Waals surface area contributed by atoms with Crippen LogP contribution < -0.4 is 10.6 Å². The second kappa shape index (κ2) is 7.86. The number of nitrogens with zero attached hydrogens (tertiary/aromatic N) is 5. The average molecular weight is 463 g/mol. The van der Waals surface area contributed by atoms with Crippen LogP contribution >= 0.6 is 35.0 Å². The molecule has 1 unspecified atom stereocenters. The Morgan fingerprint density at radius 1 is 1.20 bits per heavy atom. The SMILES string of the molecule is CC1C[C@@H](N)C2(CCN(c3ncc(Sc4cccc(Cl)c4Cl)c4nncn34)CC2)C1. The molecule has 1 aliphatic heterocycles. The molecule has 3 aromatic rings. The third-order valence-electron chi connectivity index (χ3n) is 6.66. The van der Waals surface area contributed by atoms with Gasteiger partial charge < -0.3 is 10.6 Å². The number of rotatable bonds is 3. The van der Waals surface area contributed by atoms with Gasteiger partial charge in [0, 0.05) is 30.2 Å². The van der Waals surface area contributed by atoms with Gasteiger partial charge >= 0.3 is 0 Å². The summed E-state index contributed by atoms with van der Waals surface area (Å²) in [7, 11) is 0. The number of hydrogen-bond donors (Lipinski definition) is 1. The summed E-state index contributed by atoms with van der Waals surface area (Å²) in [5, 5.41) is 9.56. The Kier molecular flexibility index (Phi) is 5.34. The zero-order valence-corrected chi connectivity index (χ0v) is 19.1. The van der Waals surface area contributed by atoms with E-state index in [0.29, 0.717) is 21.5 Å². The van der Waals surface area contributed by atoms with Gasteiger partial charge in [-0.2, -0.15) is 0 Å². The minimum absolute atomic E-state index is 0.293. The van der Waals surface area contributed by atoms with Crippen LogP contribution in [0.3, 0.4) is 0 Å². The molecule has 6 nitrogen and oxygen atoms in total. The molecule has 3 heterocycles. The smallest absolute Gasteiger partial charge is 0.212 e. The van der Waals surface area contributed by atoms with E-state index in [4.69, 9.17) is 33.9 Å². The Labute approximate surface area is 190 Å². The zero-order valence-electron chi connectivity index (χ0n) is 16.8. The van der Waals surface area contributed by atoms with Crippen LogP contribution in [-0.4, -0.2) is 38.7 Å². The Morgan fingerprint density at radius 3 is 2.73 bits per heavy atom. The fourth-order valence-corrected chi connectivity index (χ4v) is 6.50. The lowest BCUT2D eigenvalue weighted by atomic mass is 9.74. The fourth-order valence-electron chi connectivity index (χ4n) is 5.11. The maximum atomic E-state index is 6.53. The van der Waals surface area contributed by atoms with Gasteiger partial charge in [0.05, 0.1) is 14.9 Å². The summed E-state index contributed by atoms with van der Waals surface area (Å²) in [4.78, 5) is 8.87. The van der Waals surface area contributed by atoms with E-state index in [-0.39, 0.29) is 0 Å². The van der Waals surface area contributed by atoms with Crippen molar-refractivity contribution in [1.29, 1.82) is 0 Å². The Balaban J connectivity index is 1.40. The van der Waals surface area contributed by atoms with Crippen molar-refractivity contribution in [2.75, 3.05) is 18.0 Å². The summed E-state index contributed by atoms with van der Waals surface area (Å²) < 4.78 is 1.97. The first kappa shape index (κ1) is 20.4. The molecule has 5 rings (SSSR count). The molecular weight excluding hydrogens is 439 g/mol. The highest BCUT2D eigenvalue weighted by atomic mass is 35.5. The molecule has 0 bridgehead atoms. The quantitative estimate of drug-likeness (QED) is 0.594. The molecule has 158 valence electrons. The molecule has 1 aromatic carbocycles. The number of benzene rings is 1. The minimum atomic E-state index is 0.293. The van der Waals surface area contributed by atoms with Crippen LogP contribution in [0.15, 0.2) is 40.5 Å². The third kappa shape index (κ3) is 3.45. The molecule has 1 spiro atoms. The highest BCUT2D eigenvalue weighted by Crippen LogP contribution is 2.48. The summed E-state index contributed by atoms with van der Waals surface area (Å²) in [6, 6.07) is 5.92. The number of hydrogen-bond acceptors (Lipinski definition) is 6. The first-order valence-electron chi connectivity index (χ1n) is 10.3. The van der Waals surface area contributed by atoms with Crippen LogP contribution in [0.1, 0.15) is 32.6 Å². The van der Waals surface area contributed by atoms with Gasteiger partial charge in [-0.25, -0.2) is 9.38 Å². The van der Waals surface area contributed by atoms with Gasteiger partial charge in [-0.3, -0.25) is 0 Å². The van der Waals surface area contributed by atoms with Crippen LogP contribution in [0, 0.1) is 11.3 Å². The average Bonchev–Trinajstić information content (AvgIpc) is 3.32. The normalized spacial score (nSPS) is 23.5. The van der Waals surface area contributed by atoms with Crippen LogP contribution in [0.4, 0.5) is 5.95 Å². The van der Waals surface area contributed by atoms with Crippen molar-refractivity contribution in [3.8, 4) is 0 Å². The molecule has 1 aliphatic carbocycles. The third-order valence-corrected chi connectivity index (χ3v) is 8.66. The predicted octanol–water partition coefficient (Wildman–Crippen LogP) is 4.93. The van der Waals surface area contributed by atoms with Crippen LogP contribution in [-0.2, 0) is 0 Å². The standard InChI is InChI=1S/C21H24Cl2N6S/c1-13-9-17(24)21(10-13)5-7-28(8-6-21)20-25-11-16(19-27-26-12-29(19)20)30-15-4-2-3-14(22)18(15)23/h2-4,11-13,17H,5-10,24H2,1H3/t13?,17-/m1/s1. The molecule has 2 aliphatic rings. The largest absolute Gasteiger partial charge is 0.342 e. The lowest BCUT2D eigenvalue weighted by Crippen LogP contribution is -2.47. The van der Waals surface area contributed by atoms with E-state index < -0.39 is 0 Å². The number of halogens is 2. The van der Waals surface area contributed by atoms with Crippen molar-refractivity contribution < 1.29 is 0 Å². The zero-order chi connectivity index (χ0) is 20.9. The van der Waals surface area contributed by atoms with Crippen LogP contribution in [0.25, 0.3) is 5.65 Å². The van der Waals surface area contributed by atoms with Crippen LogP contribution in [0.2, 0.25) is 10.0 Å². The highest BCUT2D eigenvalue weighted by Gasteiger charge is 2.46. The molecule has 2 N–H and O–H groups in total. The molecular formula is C21H24Cl2N6S. The summed E-state index contributed by atoms with van der Waals surface area (Å²) in [6.07, 6.45) is 8.19. The molecule has 2 atom stereocenters. The van der Waals surface area contributed by atoms with Crippen molar-refractivity contribution in [1.82, 2.24) is 19.6 Å². The Bertz CT molecular complexity index is 1080. The van der Waals surface area contributed by atoms with Gasteiger partial charge in [0.25, 0.3) is 0 Å². The topological polar surface area (TPSA) is 72.3 Å². The first-order chi connectivity index (χ1) is 14.5. The van der Waals surface area contributed by atoms with Gasteiger partial charge in [-0.1, -0.05) is 48.0 Å². The van der Waals surface area contributed by atoms with Crippen molar-refractivity contribution in [3.05, 3.63) is 40.8 Å². The highest BCUT2D eigenvalue weighted by molar-refractivity contribution is 7.99. The molecule has 2 fully saturated rings. The van der Waals surface area contributed by atoms with Crippen molar-refractivity contribution in [2.24, 2.45) is 17.1 Å². The minimum Gasteiger partial charge on any atom is -0.342 e. The van der Waals surface area contributed by atoms with E-state index in [1.54, 1.807) is 12.4 Å². The molecule has 2 aromatic heterocycles. The number of anilines is 1. The van der Waals surface area contributed by atoms with Gasteiger partial charge in [-0.05, 0) is 49.1 Å². The van der Waals surface area contributed by atoms with E-state index >= 15 is 0 Å². The second-order valence-electron chi connectivity index (χ2n) is 8.60. The number of piperidine rings is 1. The lowest BCUT2D eigenvalue weighted by Gasteiger charge is -2.42. The molecule has 1 saturated heterocycles. The van der Waals surface area contributed by atoms with E-state index in [9.17, 15) is 0 Å².